The summed E-state index contributed by atoms with van der Waals surface area (Å²) in [6.45, 7) is 3.44. The Hall–Kier alpha value is -2.11. The van der Waals surface area contributed by atoms with Crippen LogP contribution in [0.3, 0.4) is 0 Å². The number of hydrogen-bond acceptors (Lipinski definition) is 3. The summed E-state index contributed by atoms with van der Waals surface area (Å²) >= 11 is 0. The van der Waals surface area contributed by atoms with E-state index in [9.17, 15) is 9.59 Å². The minimum absolute atomic E-state index is 0.0977. The monoisotopic (exact) mass is 277 g/mol. The molecule has 6 nitrogen and oxygen atoms in total. The Morgan fingerprint density at radius 3 is 2.50 bits per heavy atom. The first kappa shape index (κ1) is 14.3. The third kappa shape index (κ3) is 2.89. The van der Waals surface area contributed by atoms with Gasteiger partial charge in [0.25, 0.3) is 5.91 Å². The molecule has 2 rings (SSSR count). The Balaban J connectivity index is 2.21. The molecule has 1 saturated carbocycles. The van der Waals surface area contributed by atoms with Crippen LogP contribution in [0.5, 0.6) is 0 Å². The van der Waals surface area contributed by atoms with Crippen LogP contribution >= 0.6 is 0 Å². The van der Waals surface area contributed by atoms with Gasteiger partial charge in [0.05, 0.1) is 6.54 Å². The third-order valence-corrected chi connectivity index (χ3v) is 3.69. The Kier molecular flexibility index (Phi) is 3.92. The standard InChI is InChI=1S/C14H19N3O3/c1-9(10(2)14(19)20)13(18)17(11-4-5-11)8-12-15-6-7-16(12)3/h6-7,11H,4-5,8H2,1-3H3,(H,19,20). The number of carboxylic acid groups (broad SMARTS) is 1. The summed E-state index contributed by atoms with van der Waals surface area (Å²) in [5.41, 5.74) is 0.388. The number of aromatic nitrogens is 2. The maximum atomic E-state index is 12.5. The average molecular weight is 277 g/mol. The summed E-state index contributed by atoms with van der Waals surface area (Å²) in [6.07, 6.45) is 5.46. The van der Waals surface area contributed by atoms with Gasteiger partial charge in [-0.1, -0.05) is 0 Å². The van der Waals surface area contributed by atoms with Crippen molar-refractivity contribution in [3.05, 3.63) is 29.4 Å². The smallest absolute Gasteiger partial charge is 0.331 e. The summed E-state index contributed by atoms with van der Waals surface area (Å²) in [5.74, 6) is -0.468. The first-order chi connectivity index (χ1) is 9.41. The van der Waals surface area contributed by atoms with Gasteiger partial charge in [0.1, 0.15) is 5.82 Å². The average Bonchev–Trinajstić information content (AvgIpc) is 3.17. The zero-order chi connectivity index (χ0) is 14.9. The van der Waals surface area contributed by atoms with E-state index in [1.54, 1.807) is 18.0 Å². The highest BCUT2D eigenvalue weighted by Gasteiger charge is 2.34. The van der Waals surface area contributed by atoms with Gasteiger partial charge in [0.2, 0.25) is 0 Å². The number of amides is 1. The van der Waals surface area contributed by atoms with Crippen LogP contribution in [-0.2, 0) is 23.2 Å². The Morgan fingerprint density at radius 1 is 1.40 bits per heavy atom. The van der Waals surface area contributed by atoms with E-state index in [1.165, 1.54) is 6.92 Å². The van der Waals surface area contributed by atoms with Crippen molar-refractivity contribution in [1.82, 2.24) is 14.5 Å². The molecule has 1 heterocycles. The summed E-state index contributed by atoms with van der Waals surface area (Å²) in [5, 5.41) is 8.99. The van der Waals surface area contributed by atoms with Gasteiger partial charge in [-0.3, -0.25) is 4.79 Å². The molecular formula is C14H19N3O3. The van der Waals surface area contributed by atoms with Crippen molar-refractivity contribution >= 4 is 11.9 Å². The van der Waals surface area contributed by atoms with Gasteiger partial charge in [-0.15, -0.1) is 0 Å². The Bertz CT molecular complexity index is 570. The highest BCUT2D eigenvalue weighted by Crippen LogP contribution is 2.29. The number of carbonyl (C=O) groups is 2. The van der Waals surface area contributed by atoms with Crippen LogP contribution in [-0.4, -0.2) is 37.5 Å². The molecule has 1 amide bonds. The van der Waals surface area contributed by atoms with E-state index in [-0.39, 0.29) is 17.5 Å². The second-order valence-electron chi connectivity index (χ2n) is 5.17. The van der Waals surface area contributed by atoms with Crippen molar-refractivity contribution in [3.8, 4) is 0 Å². The van der Waals surface area contributed by atoms with Gasteiger partial charge >= 0.3 is 5.97 Å². The molecule has 20 heavy (non-hydrogen) atoms. The van der Waals surface area contributed by atoms with Crippen molar-refractivity contribution in [2.75, 3.05) is 0 Å². The van der Waals surface area contributed by atoms with Crippen LogP contribution in [0.1, 0.15) is 32.5 Å². The lowest BCUT2D eigenvalue weighted by Gasteiger charge is -2.23. The van der Waals surface area contributed by atoms with Crippen LogP contribution in [0.2, 0.25) is 0 Å². The molecule has 1 aliphatic rings. The number of carboxylic acids is 1. The number of nitrogens with zero attached hydrogens (tertiary/aromatic N) is 3. The Morgan fingerprint density at radius 2 is 2.05 bits per heavy atom. The second kappa shape index (κ2) is 5.48. The minimum Gasteiger partial charge on any atom is -0.478 e. The normalized spacial score (nSPS) is 15.8. The number of rotatable bonds is 5. The topological polar surface area (TPSA) is 75.4 Å². The minimum atomic E-state index is -1.05. The van der Waals surface area contributed by atoms with Gasteiger partial charge in [-0.05, 0) is 26.7 Å². The second-order valence-corrected chi connectivity index (χ2v) is 5.17. The van der Waals surface area contributed by atoms with Gasteiger partial charge in [-0.25, -0.2) is 9.78 Å². The first-order valence-corrected chi connectivity index (χ1v) is 6.59. The van der Waals surface area contributed by atoms with Crippen LogP contribution in [0, 0.1) is 0 Å². The molecule has 0 unspecified atom stereocenters. The summed E-state index contributed by atoms with van der Waals surface area (Å²) in [6, 6.07) is 0.204. The molecular weight excluding hydrogens is 258 g/mol. The number of aryl methyl sites for hydroxylation is 1. The summed E-state index contributed by atoms with van der Waals surface area (Å²) in [7, 11) is 1.88. The fourth-order valence-electron chi connectivity index (χ4n) is 1.99. The number of hydrogen-bond donors (Lipinski definition) is 1. The predicted octanol–water partition coefficient (Wildman–Crippen LogP) is 1.33. The first-order valence-electron chi connectivity index (χ1n) is 6.59. The quantitative estimate of drug-likeness (QED) is 0.824. The highest BCUT2D eigenvalue weighted by atomic mass is 16.4. The fraction of sp³-hybridized carbons (Fsp3) is 0.500. The maximum Gasteiger partial charge on any atom is 0.331 e. The van der Waals surface area contributed by atoms with E-state index in [4.69, 9.17) is 5.11 Å². The fourth-order valence-corrected chi connectivity index (χ4v) is 1.99. The van der Waals surface area contributed by atoms with Crippen molar-refractivity contribution in [3.63, 3.8) is 0 Å². The third-order valence-electron chi connectivity index (χ3n) is 3.69. The number of carbonyl (C=O) groups excluding carboxylic acids is 1. The number of aliphatic carboxylic acids is 1. The van der Waals surface area contributed by atoms with Crippen LogP contribution in [0.4, 0.5) is 0 Å². The van der Waals surface area contributed by atoms with Crippen LogP contribution < -0.4 is 0 Å². The van der Waals surface area contributed by atoms with Gasteiger partial charge in [0, 0.05) is 36.6 Å². The van der Waals surface area contributed by atoms with Crippen LogP contribution in [0.15, 0.2) is 23.5 Å². The van der Waals surface area contributed by atoms with Gasteiger partial charge < -0.3 is 14.6 Å². The van der Waals surface area contributed by atoms with Crippen molar-refractivity contribution in [2.45, 2.75) is 39.3 Å². The van der Waals surface area contributed by atoms with Crippen LogP contribution in [0.25, 0.3) is 0 Å². The zero-order valence-corrected chi connectivity index (χ0v) is 12.0. The van der Waals surface area contributed by atoms with E-state index >= 15 is 0 Å². The van der Waals surface area contributed by atoms with Crippen molar-refractivity contribution in [2.24, 2.45) is 7.05 Å². The zero-order valence-electron chi connectivity index (χ0n) is 12.0. The molecule has 0 atom stereocenters. The molecule has 1 aromatic heterocycles. The van der Waals surface area contributed by atoms with Gasteiger partial charge in [-0.2, -0.15) is 0 Å². The molecule has 1 fully saturated rings. The largest absolute Gasteiger partial charge is 0.478 e. The van der Waals surface area contributed by atoms with E-state index in [0.29, 0.717) is 12.1 Å². The summed E-state index contributed by atoms with van der Waals surface area (Å²) in [4.78, 5) is 29.4. The summed E-state index contributed by atoms with van der Waals surface area (Å²) < 4.78 is 1.87. The molecule has 108 valence electrons. The van der Waals surface area contributed by atoms with Crippen molar-refractivity contribution in [1.29, 1.82) is 0 Å². The van der Waals surface area contributed by atoms with Crippen molar-refractivity contribution < 1.29 is 14.7 Å². The molecule has 0 radical (unpaired) electrons. The predicted molar refractivity (Wildman–Crippen MR) is 72.8 cm³/mol. The van der Waals surface area contributed by atoms with E-state index in [0.717, 1.165) is 18.7 Å². The lowest BCUT2D eigenvalue weighted by Crippen LogP contribution is -2.34. The SMILES string of the molecule is CC(C(=O)O)=C(C)C(=O)N(Cc1nccn1C)C1CC1. The van der Waals surface area contributed by atoms with E-state index in [2.05, 4.69) is 4.98 Å². The molecule has 0 bridgehead atoms. The molecule has 0 aromatic carbocycles. The molecule has 1 N–H and O–H groups in total. The molecule has 1 aromatic rings. The Labute approximate surface area is 117 Å². The molecule has 0 aliphatic heterocycles. The number of imidazole rings is 1. The van der Waals surface area contributed by atoms with E-state index < -0.39 is 5.97 Å². The molecule has 0 saturated heterocycles. The van der Waals surface area contributed by atoms with E-state index in [1.807, 2.05) is 17.8 Å². The maximum absolute atomic E-state index is 12.5. The molecule has 6 heteroatoms. The highest BCUT2D eigenvalue weighted by molar-refractivity contribution is 6.01. The lowest BCUT2D eigenvalue weighted by atomic mass is 10.1. The van der Waals surface area contributed by atoms with Gasteiger partial charge in [0.15, 0.2) is 0 Å². The molecule has 0 spiro atoms. The lowest BCUT2D eigenvalue weighted by molar-refractivity contribution is -0.134. The molecule has 1 aliphatic carbocycles.